The van der Waals surface area contributed by atoms with Gasteiger partial charge in [-0.15, -0.1) is 0 Å². The molecule has 0 atom stereocenters. The monoisotopic (exact) mass is 265 g/mol. The molecule has 18 heavy (non-hydrogen) atoms. The predicted octanol–water partition coefficient (Wildman–Crippen LogP) is 3.45. The Morgan fingerprint density at radius 3 is 2.44 bits per heavy atom. The number of Topliss-reactive ketones (excluding diaryl/α,β-unsaturated/α-hetero) is 1. The molecule has 4 nitrogen and oxygen atoms in total. The van der Waals surface area contributed by atoms with E-state index in [2.05, 4.69) is 0 Å². The maximum absolute atomic E-state index is 11.9. The highest BCUT2D eigenvalue weighted by Gasteiger charge is 2.17. The van der Waals surface area contributed by atoms with Crippen LogP contribution in [-0.2, 0) is 0 Å². The van der Waals surface area contributed by atoms with Gasteiger partial charge in [-0.1, -0.05) is 12.8 Å². The molecule has 0 aromatic heterocycles. The van der Waals surface area contributed by atoms with E-state index >= 15 is 0 Å². The number of carbonyl (C=O) groups excluding carboxylic acids is 1. The molecule has 0 unspecified atom stereocenters. The highest BCUT2D eigenvalue weighted by Crippen LogP contribution is 2.29. The largest absolute Gasteiger partial charge is 0.293 e. The number of rotatable bonds is 5. The molecule has 0 N–H and O–H groups in total. The van der Waals surface area contributed by atoms with Gasteiger partial charge in [-0.3, -0.25) is 14.9 Å². The highest BCUT2D eigenvalue weighted by molar-refractivity contribution is 8.00. The molecule has 0 saturated heterocycles. The summed E-state index contributed by atoms with van der Waals surface area (Å²) in [6, 6.07) is 5.84. The fourth-order valence-corrected chi connectivity index (χ4v) is 3.32. The lowest BCUT2D eigenvalue weighted by Crippen LogP contribution is -2.06. The number of hydrogen-bond donors (Lipinski definition) is 0. The van der Waals surface area contributed by atoms with Crippen LogP contribution in [0.25, 0.3) is 0 Å². The van der Waals surface area contributed by atoms with Crippen molar-refractivity contribution in [2.75, 3.05) is 5.75 Å². The second-order valence-corrected chi connectivity index (χ2v) is 5.73. The van der Waals surface area contributed by atoms with E-state index in [1.54, 1.807) is 11.8 Å². The average molecular weight is 265 g/mol. The molecule has 5 heteroatoms. The number of ketones is 1. The first kappa shape index (κ1) is 13.1. The molecule has 1 aromatic rings. The summed E-state index contributed by atoms with van der Waals surface area (Å²) in [6.45, 7) is 0. The van der Waals surface area contributed by atoms with E-state index in [9.17, 15) is 14.9 Å². The minimum Gasteiger partial charge on any atom is -0.293 e. The maximum atomic E-state index is 11.9. The van der Waals surface area contributed by atoms with E-state index in [0.717, 1.165) is 0 Å². The van der Waals surface area contributed by atoms with Crippen LogP contribution in [0.5, 0.6) is 0 Å². The third kappa shape index (κ3) is 3.32. The van der Waals surface area contributed by atoms with E-state index in [1.165, 1.54) is 49.9 Å². The Morgan fingerprint density at radius 1 is 1.28 bits per heavy atom. The lowest BCUT2D eigenvalue weighted by atomic mass is 10.1. The summed E-state index contributed by atoms with van der Waals surface area (Å²) in [5.74, 6) is 0.532. The molecular weight excluding hydrogens is 250 g/mol. The normalized spacial score (nSPS) is 15.8. The first-order valence-electron chi connectivity index (χ1n) is 6.06. The number of carbonyl (C=O) groups is 1. The molecule has 1 saturated carbocycles. The number of nitrogens with zero attached hydrogens (tertiary/aromatic N) is 1. The summed E-state index contributed by atoms with van der Waals surface area (Å²) in [7, 11) is 0. The minimum atomic E-state index is -0.457. The van der Waals surface area contributed by atoms with Crippen molar-refractivity contribution in [2.24, 2.45) is 0 Å². The Labute approximate surface area is 110 Å². The number of nitro benzene ring substituents is 1. The predicted molar refractivity (Wildman–Crippen MR) is 72.1 cm³/mol. The van der Waals surface area contributed by atoms with E-state index in [1.807, 2.05) is 0 Å². The molecule has 0 radical (unpaired) electrons. The second kappa shape index (κ2) is 6.00. The van der Waals surface area contributed by atoms with Crippen LogP contribution in [0.3, 0.4) is 0 Å². The van der Waals surface area contributed by atoms with Crippen LogP contribution in [0.15, 0.2) is 24.3 Å². The standard InChI is InChI=1S/C13H15NO3S/c15-13(9-18-12-3-1-2-4-12)10-5-7-11(8-6-10)14(16)17/h5-8,12H,1-4,9H2. The zero-order valence-electron chi connectivity index (χ0n) is 10.0. The van der Waals surface area contributed by atoms with Crippen molar-refractivity contribution in [1.82, 2.24) is 0 Å². The maximum Gasteiger partial charge on any atom is 0.269 e. The minimum absolute atomic E-state index is 0.0231. The summed E-state index contributed by atoms with van der Waals surface area (Å²) < 4.78 is 0. The van der Waals surface area contributed by atoms with Crippen LogP contribution in [-0.4, -0.2) is 21.7 Å². The molecule has 1 aliphatic carbocycles. The van der Waals surface area contributed by atoms with Gasteiger partial charge in [-0.2, -0.15) is 11.8 Å². The van der Waals surface area contributed by atoms with Gasteiger partial charge in [-0.05, 0) is 25.0 Å². The van der Waals surface area contributed by atoms with Crippen LogP contribution in [0.2, 0.25) is 0 Å². The van der Waals surface area contributed by atoms with Gasteiger partial charge in [0, 0.05) is 22.9 Å². The third-order valence-electron chi connectivity index (χ3n) is 3.15. The van der Waals surface area contributed by atoms with Gasteiger partial charge < -0.3 is 0 Å². The van der Waals surface area contributed by atoms with Crippen molar-refractivity contribution in [3.05, 3.63) is 39.9 Å². The third-order valence-corrected chi connectivity index (χ3v) is 4.52. The molecule has 96 valence electrons. The summed E-state index contributed by atoms with van der Waals surface area (Å²) >= 11 is 1.71. The highest BCUT2D eigenvalue weighted by atomic mass is 32.2. The van der Waals surface area contributed by atoms with Gasteiger partial charge >= 0.3 is 0 Å². The van der Waals surface area contributed by atoms with Gasteiger partial charge in [-0.25, -0.2) is 0 Å². The van der Waals surface area contributed by atoms with Crippen molar-refractivity contribution in [3.8, 4) is 0 Å². The van der Waals surface area contributed by atoms with E-state index < -0.39 is 4.92 Å². The van der Waals surface area contributed by atoms with E-state index in [0.29, 0.717) is 16.6 Å². The number of hydrogen-bond acceptors (Lipinski definition) is 4. The van der Waals surface area contributed by atoms with E-state index in [-0.39, 0.29) is 11.5 Å². The van der Waals surface area contributed by atoms with Crippen LogP contribution >= 0.6 is 11.8 Å². The first-order chi connectivity index (χ1) is 8.66. The Hall–Kier alpha value is -1.36. The lowest BCUT2D eigenvalue weighted by Gasteiger charge is -2.07. The van der Waals surface area contributed by atoms with Crippen LogP contribution in [0.1, 0.15) is 36.0 Å². The van der Waals surface area contributed by atoms with Gasteiger partial charge in [0.05, 0.1) is 10.7 Å². The number of benzene rings is 1. The Bertz CT molecular complexity index is 438. The van der Waals surface area contributed by atoms with Crippen LogP contribution < -0.4 is 0 Å². The van der Waals surface area contributed by atoms with Crippen molar-refractivity contribution in [2.45, 2.75) is 30.9 Å². The van der Waals surface area contributed by atoms with Gasteiger partial charge in [0.2, 0.25) is 0 Å². The average Bonchev–Trinajstić information content (AvgIpc) is 2.89. The van der Waals surface area contributed by atoms with Gasteiger partial charge in [0.25, 0.3) is 5.69 Å². The van der Waals surface area contributed by atoms with Crippen LogP contribution in [0.4, 0.5) is 5.69 Å². The Kier molecular flexibility index (Phi) is 4.36. The van der Waals surface area contributed by atoms with Crippen molar-refractivity contribution in [3.63, 3.8) is 0 Å². The zero-order valence-corrected chi connectivity index (χ0v) is 10.8. The fourth-order valence-electron chi connectivity index (χ4n) is 2.10. The molecule has 0 bridgehead atoms. The molecule has 2 rings (SSSR count). The zero-order chi connectivity index (χ0) is 13.0. The summed E-state index contributed by atoms with van der Waals surface area (Å²) in [5, 5.41) is 11.1. The van der Waals surface area contributed by atoms with Crippen molar-refractivity contribution >= 4 is 23.2 Å². The lowest BCUT2D eigenvalue weighted by molar-refractivity contribution is -0.384. The summed E-state index contributed by atoms with van der Waals surface area (Å²) in [4.78, 5) is 21.9. The Morgan fingerprint density at radius 2 is 1.89 bits per heavy atom. The van der Waals surface area contributed by atoms with Crippen molar-refractivity contribution < 1.29 is 9.72 Å². The van der Waals surface area contributed by atoms with Gasteiger partial charge in [0.15, 0.2) is 5.78 Å². The van der Waals surface area contributed by atoms with Crippen LogP contribution in [0, 0.1) is 10.1 Å². The number of thioether (sulfide) groups is 1. The van der Waals surface area contributed by atoms with Crippen molar-refractivity contribution in [1.29, 1.82) is 0 Å². The fraction of sp³-hybridized carbons (Fsp3) is 0.462. The summed E-state index contributed by atoms with van der Waals surface area (Å²) in [6.07, 6.45) is 4.95. The van der Waals surface area contributed by atoms with Gasteiger partial charge in [0.1, 0.15) is 0 Å². The number of nitro groups is 1. The number of non-ortho nitro benzene ring substituents is 1. The first-order valence-corrected chi connectivity index (χ1v) is 7.11. The van der Waals surface area contributed by atoms with E-state index in [4.69, 9.17) is 0 Å². The molecule has 0 amide bonds. The summed E-state index contributed by atoms with van der Waals surface area (Å²) in [5.41, 5.74) is 0.584. The topological polar surface area (TPSA) is 60.2 Å². The molecular formula is C13H15NO3S. The Balaban J connectivity index is 1.89. The molecule has 1 aliphatic rings. The molecule has 1 aromatic carbocycles. The molecule has 0 heterocycles. The smallest absolute Gasteiger partial charge is 0.269 e. The molecule has 0 aliphatic heterocycles. The quantitative estimate of drug-likeness (QED) is 0.465. The SMILES string of the molecule is O=C(CSC1CCCC1)c1ccc([N+](=O)[O-])cc1. The second-order valence-electron chi connectivity index (χ2n) is 4.44. The molecule has 0 spiro atoms. The molecule has 1 fully saturated rings.